The van der Waals surface area contributed by atoms with E-state index in [9.17, 15) is 0 Å². The molecule has 2 N–H and O–H groups in total. The van der Waals surface area contributed by atoms with E-state index in [-0.39, 0.29) is 24.0 Å². The Morgan fingerprint density at radius 3 is 2.52 bits per heavy atom. The summed E-state index contributed by atoms with van der Waals surface area (Å²) in [5.41, 5.74) is 1.34. The maximum absolute atomic E-state index is 5.68. The standard InChI is InChI=1S/C18H31N3O.HI/c1-3-13-20-18(19-4-2)21-14-8-9-15-22-16-12-17-10-6-5-7-11-17;/h5-7,10-11H,3-4,8-9,12-16H2,1-2H3,(H2,19,20,21);1H. The Morgan fingerprint density at radius 1 is 1.04 bits per heavy atom. The lowest BCUT2D eigenvalue weighted by Crippen LogP contribution is -2.37. The molecule has 0 heterocycles. The van der Waals surface area contributed by atoms with Gasteiger partial charge < -0.3 is 15.4 Å². The van der Waals surface area contributed by atoms with Crippen LogP contribution in [-0.4, -0.2) is 38.8 Å². The molecule has 0 saturated heterocycles. The summed E-state index contributed by atoms with van der Waals surface area (Å²) in [6, 6.07) is 10.5. The van der Waals surface area contributed by atoms with Crippen LogP contribution in [0.5, 0.6) is 0 Å². The van der Waals surface area contributed by atoms with Crippen molar-refractivity contribution in [1.82, 2.24) is 10.6 Å². The number of ether oxygens (including phenoxy) is 1. The Bertz CT molecular complexity index is 399. The van der Waals surface area contributed by atoms with Gasteiger partial charge in [-0.05, 0) is 38.2 Å². The van der Waals surface area contributed by atoms with Crippen molar-refractivity contribution in [2.24, 2.45) is 4.99 Å². The van der Waals surface area contributed by atoms with Crippen LogP contribution in [0, 0.1) is 0 Å². The number of halogens is 1. The quantitative estimate of drug-likeness (QED) is 0.243. The number of rotatable bonds is 11. The second-order valence-corrected chi connectivity index (χ2v) is 5.24. The van der Waals surface area contributed by atoms with Crippen LogP contribution in [0.15, 0.2) is 35.3 Å². The molecule has 1 rings (SSSR count). The summed E-state index contributed by atoms with van der Waals surface area (Å²) in [5, 5.41) is 6.61. The number of guanidine groups is 1. The Hall–Kier alpha value is -0.820. The average Bonchev–Trinajstić information content (AvgIpc) is 2.55. The topological polar surface area (TPSA) is 45.7 Å². The first-order chi connectivity index (χ1) is 10.9. The summed E-state index contributed by atoms with van der Waals surface area (Å²) >= 11 is 0. The molecular formula is C18H32IN3O. The van der Waals surface area contributed by atoms with E-state index < -0.39 is 0 Å². The van der Waals surface area contributed by atoms with Crippen molar-refractivity contribution in [3.8, 4) is 0 Å². The molecule has 0 amide bonds. The summed E-state index contributed by atoms with van der Waals surface area (Å²) < 4.78 is 5.68. The Kier molecular flexibility index (Phi) is 15.5. The average molecular weight is 433 g/mol. The molecule has 0 aliphatic carbocycles. The summed E-state index contributed by atoms with van der Waals surface area (Å²) in [5.74, 6) is 0.925. The van der Waals surface area contributed by atoms with Gasteiger partial charge in [0, 0.05) is 26.2 Å². The molecule has 0 spiro atoms. The molecule has 0 atom stereocenters. The third kappa shape index (κ3) is 12.3. The highest BCUT2D eigenvalue weighted by Gasteiger charge is 1.96. The fourth-order valence-corrected chi connectivity index (χ4v) is 2.04. The van der Waals surface area contributed by atoms with Gasteiger partial charge in [-0.3, -0.25) is 4.99 Å². The van der Waals surface area contributed by atoms with Crippen molar-refractivity contribution in [3.05, 3.63) is 35.9 Å². The zero-order chi connectivity index (χ0) is 15.9. The zero-order valence-corrected chi connectivity index (χ0v) is 16.8. The molecule has 0 radical (unpaired) electrons. The zero-order valence-electron chi connectivity index (χ0n) is 14.5. The lowest BCUT2D eigenvalue weighted by atomic mass is 10.2. The molecule has 0 fully saturated rings. The number of aliphatic imine (C=N–C) groups is 1. The van der Waals surface area contributed by atoms with Gasteiger partial charge in [0.25, 0.3) is 0 Å². The summed E-state index contributed by atoms with van der Waals surface area (Å²) in [7, 11) is 0. The largest absolute Gasteiger partial charge is 0.381 e. The number of nitrogens with one attached hydrogen (secondary N) is 2. The highest BCUT2D eigenvalue weighted by atomic mass is 127. The molecular weight excluding hydrogens is 401 g/mol. The lowest BCUT2D eigenvalue weighted by molar-refractivity contribution is 0.133. The molecule has 0 aliphatic rings. The van der Waals surface area contributed by atoms with Crippen molar-refractivity contribution in [3.63, 3.8) is 0 Å². The lowest BCUT2D eigenvalue weighted by Gasteiger charge is -2.11. The van der Waals surface area contributed by atoms with Crippen LogP contribution >= 0.6 is 24.0 Å². The normalized spacial score (nSPS) is 11.0. The van der Waals surface area contributed by atoms with Crippen LogP contribution in [0.4, 0.5) is 0 Å². The predicted octanol–water partition coefficient (Wildman–Crippen LogP) is 3.61. The van der Waals surface area contributed by atoms with Crippen LogP contribution < -0.4 is 10.6 Å². The van der Waals surface area contributed by atoms with E-state index in [0.717, 1.165) is 64.5 Å². The van der Waals surface area contributed by atoms with E-state index >= 15 is 0 Å². The van der Waals surface area contributed by atoms with Gasteiger partial charge in [-0.15, -0.1) is 24.0 Å². The monoisotopic (exact) mass is 433 g/mol. The molecule has 132 valence electrons. The first-order valence-corrected chi connectivity index (χ1v) is 8.50. The van der Waals surface area contributed by atoms with Crippen LogP contribution in [0.1, 0.15) is 38.7 Å². The van der Waals surface area contributed by atoms with Crippen LogP contribution in [0.3, 0.4) is 0 Å². The van der Waals surface area contributed by atoms with E-state index in [4.69, 9.17) is 4.74 Å². The smallest absolute Gasteiger partial charge is 0.191 e. The Balaban J connectivity index is 0.00000484. The van der Waals surface area contributed by atoms with Gasteiger partial charge in [-0.1, -0.05) is 37.3 Å². The molecule has 0 aliphatic heterocycles. The Morgan fingerprint density at radius 2 is 1.83 bits per heavy atom. The summed E-state index contributed by atoms with van der Waals surface area (Å²) in [6.07, 6.45) is 4.25. The van der Waals surface area contributed by atoms with Crippen molar-refractivity contribution < 1.29 is 4.74 Å². The molecule has 0 bridgehead atoms. The van der Waals surface area contributed by atoms with E-state index in [0.29, 0.717) is 0 Å². The second-order valence-electron chi connectivity index (χ2n) is 5.24. The molecule has 1 aromatic rings. The molecule has 23 heavy (non-hydrogen) atoms. The number of hydrogen-bond donors (Lipinski definition) is 2. The second kappa shape index (κ2) is 16.1. The minimum absolute atomic E-state index is 0. The number of hydrogen-bond acceptors (Lipinski definition) is 2. The molecule has 0 unspecified atom stereocenters. The Labute approximate surface area is 158 Å². The predicted molar refractivity (Wildman–Crippen MR) is 110 cm³/mol. The first kappa shape index (κ1) is 22.2. The van der Waals surface area contributed by atoms with Crippen molar-refractivity contribution in [1.29, 1.82) is 0 Å². The van der Waals surface area contributed by atoms with Gasteiger partial charge in [0.05, 0.1) is 6.61 Å². The molecule has 5 heteroatoms. The van der Waals surface area contributed by atoms with E-state index in [1.165, 1.54) is 5.56 Å². The van der Waals surface area contributed by atoms with E-state index in [2.05, 4.69) is 53.7 Å². The minimum Gasteiger partial charge on any atom is -0.381 e. The molecule has 0 aromatic heterocycles. The van der Waals surface area contributed by atoms with Gasteiger partial charge >= 0.3 is 0 Å². The van der Waals surface area contributed by atoms with Crippen molar-refractivity contribution in [2.45, 2.75) is 39.5 Å². The van der Waals surface area contributed by atoms with Crippen LogP contribution in [-0.2, 0) is 11.2 Å². The van der Waals surface area contributed by atoms with Gasteiger partial charge in [0.2, 0.25) is 0 Å². The molecule has 1 aromatic carbocycles. The highest BCUT2D eigenvalue weighted by Crippen LogP contribution is 2.00. The van der Waals surface area contributed by atoms with E-state index in [1.54, 1.807) is 0 Å². The SMILES string of the molecule is CCCN=C(NCC)NCCCCOCCc1ccccc1.I. The van der Waals surface area contributed by atoms with Gasteiger partial charge in [-0.2, -0.15) is 0 Å². The number of benzene rings is 1. The third-order valence-corrected chi connectivity index (χ3v) is 3.22. The fourth-order valence-electron chi connectivity index (χ4n) is 2.04. The highest BCUT2D eigenvalue weighted by molar-refractivity contribution is 14.0. The maximum Gasteiger partial charge on any atom is 0.191 e. The molecule has 0 saturated carbocycles. The van der Waals surface area contributed by atoms with Crippen LogP contribution in [0.2, 0.25) is 0 Å². The molecule has 4 nitrogen and oxygen atoms in total. The minimum atomic E-state index is 0. The summed E-state index contributed by atoms with van der Waals surface area (Å²) in [4.78, 5) is 4.48. The van der Waals surface area contributed by atoms with Gasteiger partial charge in [0.15, 0.2) is 5.96 Å². The first-order valence-electron chi connectivity index (χ1n) is 8.50. The van der Waals surface area contributed by atoms with Crippen LogP contribution in [0.25, 0.3) is 0 Å². The number of nitrogens with zero attached hydrogens (tertiary/aromatic N) is 1. The number of unbranched alkanes of at least 4 members (excludes halogenated alkanes) is 1. The van der Waals surface area contributed by atoms with Crippen molar-refractivity contribution in [2.75, 3.05) is 32.8 Å². The van der Waals surface area contributed by atoms with E-state index in [1.807, 2.05) is 6.07 Å². The van der Waals surface area contributed by atoms with Gasteiger partial charge in [0.1, 0.15) is 0 Å². The van der Waals surface area contributed by atoms with Gasteiger partial charge in [-0.25, -0.2) is 0 Å². The third-order valence-electron chi connectivity index (χ3n) is 3.22. The maximum atomic E-state index is 5.68. The fraction of sp³-hybridized carbons (Fsp3) is 0.611. The summed E-state index contributed by atoms with van der Waals surface area (Å²) in [6.45, 7) is 8.58. The van der Waals surface area contributed by atoms with Crippen molar-refractivity contribution >= 4 is 29.9 Å².